The summed E-state index contributed by atoms with van der Waals surface area (Å²) in [4.78, 5) is 27.3. The van der Waals surface area contributed by atoms with Crippen LogP contribution in [0.1, 0.15) is 27.7 Å². The van der Waals surface area contributed by atoms with Crippen molar-refractivity contribution >= 4 is 19.9 Å². The molecule has 3 aromatic rings. The summed E-state index contributed by atoms with van der Waals surface area (Å²) in [5, 5.41) is 0. The fourth-order valence-corrected chi connectivity index (χ4v) is 4.11. The number of carbonyl (C=O) groups is 1. The number of carbonyl (C=O) groups excluding carboxylic acids is 1. The molecule has 0 saturated carbocycles. The smallest absolute Gasteiger partial charge is 0.246 e. The lowest BCUT2D eigenvalue weighted by atomic mass is 9.93. The summed E-state index contributed by atoms with van der Waals surface area (Å²) in [6.07, 6.45) is 5.04. The topological polar surface area (TPSA) is 55.1 Å². The van der Waals surface area contributed by atoms with Gasteiger partial charge in [-0.1, -0.05) is 67.2 Å². The number of aromatic nitrogens is 2. The van der Waals surface area contributed by atoms with Crippen molar-refractivity contribution in [1.82, 2.24) is 9.55 Å². The fourth-order valence-electron chi connectivity index (χ4n) is 2.77. The maximum absolute atomic E-state index is 12.6. The first-order valence-corrected chi connectivity index (χ1v) is 9.44. The first-order chi connectivity index (χ1) is 12.2. The van der Waals surface area contributed by atoms with E-state index >= 15 is 0 Å². The van der Waals surface area contributed by atoms with Crippen LogP contribution in [0.3, 0.4) is 0 Å². The zero-order chi connectivity index (χ0) is 17.6. The lowest BCUT2D eigenvalue weighted by molar-refractivity contribution is 0.106. The Morgan fingerprint density at radius 1 is 1.12 bits per heavy atom. The quantitative estimate of drug-likeness (QED) is 0.645. The molecule has 0 amide bonds. The van der Waals surface area contributed by atoms with E-state index in [1.54, 1.807) is 6.20 Å². The van der Waals surface area contributed by atoms with Gasteiger partial charge in [0.25, 0.3) is 0 Å². The highest BCUT2D eigenvalue weighted by Crippen LogP contribution is 2.41. The van der Waals surface area contributed by atoms with Crippen LogP contribution >= 0.6 is 8.15 Å². The molecule has 4 nitrogen and oxygen atoms in total. The third kappa shape index (κ3) is 3.93. The van der Waals surface area contributed by atoms with Crippen LogP contribution in [-0.2, 0) is 0 Å². The number of imidazole rings is 1. The third-order valence-electron chi connectivity index (χ3n) is 4.05. The van der Waals surface area contributed by atoms with E-state index in [9.17, 15) is 9.69 Å². The minimum absolute atomic E-state index is 0.0467. The molecule has 1 heterocycles. The van der Waals surface area contributed by atoms with Gasteiger partial charge in [-0.2, -0.15) is 0 Å². The zero-order valence-corrected chi connectivity index (χ0v) is 14.6. The summed E-state index contributed by atoms with van der Waals surface area (Å²) in [5.74, 6) is 0.179. The first kappa shape index (κ1) is 17.3. The molecule has 5 heteroatoms. The highest BCUT2D eigenvalue weighted by Gasteiger charge is 2.26. The predicted molar refractivity (Wildman–Crippen MR) is 102 cm³/mol. The maximum atomic E-state index is 12.6. The number of rotatable bonds is 7. The Morgan fingerprint density at radius 3 is 2.20 bits per heavy atom. The highest BCUT2D eigenvalue weighted by molar-refractivity contribution is 7.70. The lowest BCUT2D eigenvalue weighted by Gasteiger charge is -2.20. The van der Waals surface area contributed by atoms with Gasteiger partial charge in [0.15, 0.2) is 5.82 Å². The molecule has 1 N–H and O–H groups in total. The molecule has 25 heavy (non-hydrogen) atoms. The van der Waals surface area contributed by atoms with Gasteiger partial charge < -0.3 is 9.46 Å². The van der Waals surface area contributed by atoms with E-state index in [1.807, 2.05) is 60.7 Å². The van der Waals surface area contributed by atoms with Crippen molar-refractivity contribution in [3.63, 3.8) is 0 Å². The molecule has 2 aromatic carbocycles. The molecule has 0 fully saturated rings. The Labute approximate surface area is 148 Å². The molecular weight excluding hydrogens is 331 g/mol. The van der Waals surface area contributed by atoms with E-state index in [2.05, 4.69) is 11.6 Å². The first-order valence-electron chi connectivity index (χ1n) is 7.96. The van der Waals surface area contributed by atoms with Crippen LogP contribution in [0.2, 0.25) is 0 Å². The largest absolute Gasteiger partial charge is 0.366 e. The normalized spacial score (nSPS) is 12.1. The van der Waals surface area contributed by atoms with Gasteiger partial charge >= 0.3 is 0 Å². The average Bonchev–Trinajstić information content (AvgIpc) is 3.15. The second-order valence-electron chi connectivity index (χ2n) is 5.60. The molecule has 0 saturated heterocycles. The molecule has 1 atom stereocenters. The zero-order valence-electron chi connectivity index (χ0n) is 13.7. The van der Waals surface area contributed by atoms with Crippen LogP contribution in [0.5, 0.6) is 0 Å². The summed E-state index contributed by atoms with van der Waals surface area (Å²) in [7, 11) is -1.87. The molecule has 1 aromatic heterocycles. The van der Waals surface area contributed by atoms with Crippen molar-refractivity contribution in [3.8, 4) is 0 Å². The van der Waals surface area contributed by atoms with E-state index in [0.717, 1.165) is 11.1 Å². The van der Waals surface area contributed by atoms with E-state index in [4.69, 9.17) is 0 Å². The minimum atomic E-state index is -1.87. The fraction of sp³-hybridized carbons (Fsp3) is 0.100. The van der Waals surface area contributed by atoms with Crippen molar-refractivity contribution in [2.45, 2.75) is 5.92 Å². The molecule has 0 aliphatic carbocycles. The molecule has 3 rings (SSSR count). The van der Waals surface area contributed by atoms with Gasteiger partial charge in [0, 0.05) is 30.7 Å². The van der Waals surface area contributed by atoms with Gasteiger partial charge in [-0.3, -0.25) is 4.79 Å². The van der Waals surface area contributed by atoms with Gasteiger partial charge in [-0.25, -0.2) is 4.98 Å². The molecule has 0 radical (unpaired) electrons. The standard InChI is InChI=1S/C20H19N2O2P/c1-2-22-14-13-21-19(22)20(23)25(24)15-18(16-9-5-3-6-10-16)17-11-7-4-8-12-17/h2-14,18,24H,1,15H2. The van der Waals surface area contributed by atoms with Gasteiger partial charge in [0.1, 0.15) is 8.15 Å². The van der Waals surface area contributed by atoms with E-state index in [0.29, 0.717) is 6.16 Å². The Bertz CT molecular complexity index is 807. The predicted octanol–water partition coefficient (Wildman–Crippen LogP) is 4.35. The molecular formula is C20H19N2O2P. The molecule has 0 aliphatic rings. The van der Waals surface area contributed by atoms with Crippen LogP contribution in [0, 0.1) is 0 Å². The van der Waals surface area contributed by atoms with Crippen LogP contribution in [-0.4, -0.2) is 26.1 Å². The maximum Gasteiger partial charge on any atom is 0.246 e. The Balaban J connectivity index is 1.88. The van der Waals surface area contributed by atoms with E-state index in [1.165, 1.54) is 17.0 Å². The molecule has 1 unspecified atom stereocenters. The second-order valence-corrected chi connectivity index (χ2v) is 7.17. The number of benzene rings is 2. The Kier molecular flexibility index (Phi) is 5.54. The van der Waals surface area contributed by atoms with Gasteiger partial charge in [0.2, 0.25) is 5.52 Å². The van der Waals surface area contributed by atoms with Crippen LogP contribution in [0.15, 0.2) is 79.6 Å². The molecule has 0 aliphatic heterocycles. The van der Waals surface area contributed by atoms with Crippen molar-refractivity contribution in [3.05, 3.63) is 96.6 Å². The van der Waals surface area contributed by atoms with Gasteiger partial charge in [-0.05, 0) is 11.1 Å². The monoisotopic (exact) mass is 350 g/mol. The van der Waals surface area contributed by atoms with Crippen molar-refractivity contribution in [2.24, 2.45) is 0 Å². The SMILES string of the molecule is C=Cn1ccnc1C(=O)P(O)CC(c1ccccc1)c1ccccc1. The Hall–Kier alpha value is -2.55. The van der Waals surface area contributed by atoms with E-state index < -0.39 is 8.15 Å². The van der Waals surface area contributed by atoms with Crippen molar-refractivity contribution in [2.75, 3.05) is 6.16 Å². The summed E-state index contributed by atoms with van der Waals surface area (Å²) in [5.41, 5.74) is 1.82. The van der Waals surface area contributed by atoms with Gasteiger partial charge in [0.05, 0.1) is 0 Å². The van der Waals surface area contributed by atoms with Gasteiger partial charge in [-0.15, -0.1) is 0 Å². The number of hydrogen-bond acceptors (Lipinski definition) is 3. The van der Waals surface area contributed by atoms with Crippen molar-refractivity contribution in [1.29, 1.82) is 0 Å². The highest BCUT2D eigenvalue weighted by atomic mass is 31.1. The minimum Gasteiger partial charge on any atom is -0.366 e. The molecule has 0 spiro atoms. The lowest BCUT2D eigenvalue weighted by Crippen LogP contribution is -2.12. The summed E-state index contributed by atoms with van der Waals surface area (Å²) >= 11 is 0. The Morgan fingerprint density at radius 2 is 1.68 bits per heavy atom. The van der Waals surface area contributed by atoms with Crippen molar-refractivity contribution < 1.29 is 9.69 Å². The summed E-state index contributed by atoms with van der Waals surface area (Å²) < 4.78 is 1.54. The average molecular weight is 350 g/mol. The second kappa shape index (κ2) is 8.02. The van der Waals surface area contributed by atoms with Crippen LogP contribution in [0.4, 0.5) is 0 Å². The summed E-state index contributed by atoms with van der Waals surface area (Å²) in [6, 6.07) is 19.9. The number of hydrogen-bond donors (Lipinski definition) is 1. The van der Waals surface area contributed by atoms with Crippen LogP contribution < -0.4 is 0 Å². The number of nitrogens with zero attached hydrogens (tertiary/aromatic N) is 2. The summed E-state index contributed by atoms with van der Waals surface area (Å²) in [6.45, 7) is 3.66. The molecule has 126 valence electrons. The van der Waals surface area contributed by atoms with E-state index in [-0.39, 0.29) is 17.3 Å². The molecule has 0 bridgehead atoms. The third-order valence-corrected chi connectivity index (χ3v) is 5.43. The van der Waals surface area contributed by atoms with Crippen LogP contribution in [0.25, 0.3) is 6.20 Å².